The van der Waals surface area contributed by atoms with Gasteiger partial charge in [0.1, 0.15) is 0 Å². The van der Waals surface area contributed by atoms with Gasteiger partial charge in [-0.1, -0.05) is 60.4 Å². The van der Waals surface area contributed by atoms with Crippen LogP contribution in [0, 0.1) is 13.8 Å². The van der Waals surface area contributed by atoms with Gasteiger partial charge in [0.05, 0.1) is 6.42 Å². The van der Waals surface area contributed by atoms with Crippen LogP contribution in [0.15, 0.2) is 46.9 Å². The van der Waals surface area contributed by atoms with E-state index in [1.54, 1.807) is 0 Å². The number of aromatic nitrogens is 2. The van der Waals surface area contributed by atoms with E-state index < -0.39 is 0 Å². The lowest BCUT2D eigenvalue weighted by Crippen LogP contribution is -2.12. The van der Waals surface area contributed by atoms with E-state index in [2.05, 4.69) is 53.6 Å². The van der Waals surface area contributed by atoms with Crippen molar-refractivity contribution in [1.82, 2.24) is 10.2 Å². The van der Waals surface area contributed by atoms with Gasteiger partial charge in [-0.15, -0.1) is 5.10 Å². The second-order valence-electron chi connectivity index (χ2n) is 6.90. The van der Waals surface area contributed by atoms with Crippen LogP contribution in [0.1, 0.15) is 58.3 Å². The molecule has 0 bridgehead atoms. The van der Waals surface area contributed by atoms with E-state index in [0.717, 1.165) is 16.7 Å². The first-order valence-corrected chi connectivity index (χ1v) is 8.71. The van der Waals surface area contributed by atoms with E-state index in [1.165, 1.54) is 5.56 Å². The number of nitrogens with zero attached hydrogens (tertiary/aromatic N) is 2. The van der Waals surface area contributed by atoms with Crippen molar-refractivity contribution in [2.24, 2.45) is 0 Å². The van der Waals surface area contributed by atoms with Crippen molar-refractivity contribution in [3.63, 3.8) is 0 Å². The second-order valence-corrected chi connectivity index (χ2v) is 6.90. The maximum atomic E-state index is 12.3. The van der Waals surface area contributed by atoms with E-state index in [1.807, 2.05) is 32.0 Å². The monoisotopic (exact) mass is 349 g/mol. The van der Waals surface area contributed by atoms with Gasteiger partial charge in [-0.2, -0.15) is 0 Å². The molecule has 1 aromatic heterocycles. The fourth-order valence-corrected chi connectivity index (χ4v) is 2.85. The number of rotatable bonds is 5. The summed E-state index contributed by atoms with van der Waals surface area (Å²) in [6, 6.07) is 14.1. The molecule has 0 aliphatic rings. The number of carbonyl (C=O) groups is 1. The zero-order chi connectivity index (χ0) is 18.7. The topological polar surface area (TPSA) is 68.0 Å². The molecule has 0 fully saturated rings. The average molecular weight is 349 g/mol. The summed E-state index contributed by atoms with van der Waals surface area (Å²) >= 11 is 0. The number of aryl methyl sites for hydroxylation is 2. The maximum absolute atomic E-state index is 12.3. The molecule has 0 saturated carbocycles. The quantitative estimate of drug-likeness (QED) is 0.728. The molecule has 3 rings (SSSR count). The Morgan fingerprint density at radius 3 is 2.31 bits per heavy atom. The highest BCUT2D eigenvalue weighted by atomic mass is 16.4. The number of hydrogen-bond acceptors (Lipinski definition) is 4. The van der Waals surface area contributed by atoms with Gasteiger partial charge in [0.2, 0.25) is 5.89 Å². The molecule has 0 spiro atoms. The lowest BCUT2D eigenvalue weighted by Gasteiger charge is -2.05. The fraction of sp³-hybridized carbons (Fsp3) is 0.286. The number of hydrogen-bond donors (Lipinski definition) is 1. The first-order chi connectivity index (χ1) is 12.4. The summed E-state index contributed by atoms with van der Waals surface area (Å²) in [5.74, 6) is 0.714. The third kappa shape index (κ3) is 4.36. The molecule has 0 saturated heterocycles. The number of nitrogens with one attached hydrogen (secondary N) is 1. The van der Waals surface area contributed by atoms with Gasteiger partial charge in [-0.3, -0.25) is 10.1 Å². The van der Waals surface area contributed by atoms with Crippen LogP contribution in [-0.4, -0.2) is 16.1 Å². The Morgan fingerprint density at radius 1 is 1.04 bits per heavy atom. The molecule has 1 heterocycles. The molecule has 1 N–H and O–H groups in total. The highest BCUT2D eigenvalue weighted by molar-refractivity contribution is 6.03. The van der Waals surface area contributed by atoms with Crippen LogP contribution in [0.4, 0.5) is 6.01 Å². The van der Waals surface area contributed by atoms with Crippen LogP contribution in [0.3, 0.4) is 0 Å². The molecule has 134 valence electrons. The molecular weight excluding hydrogens is 326 g/mol. The molecule has 0 radical (unpaired) electrons. The van der Waals surface area contributed by atoms with Crippen molar-refractivity contribution in [2.75, 3.05) is 5.32 Å². The van der Waals surface area contributed by atoms with E-state index in [0.29, 0.717) is 23.8 Å². The smallest absolute Gasteiger partial charge is 0.322 e. The van der Waals surface area contributed by atoms with E-state index in [9.17, 15) is 4.79 Å². The summed E-state index contributed by atoms with van der Waals surface area (Å²) < 4.78 is 5.56. The number of benzene rings is 2. The molecule has 0 atom stereocenters. The fourth-order valence-electron chi connectivity index (χ4n) is 2.85. The molecule has 0 unspecified atom stereocenters. The van der Waals surface area contributed by atoms with Crippen LogP contribution >= 0.6 is 0 Å². The van der Waals surface area contributed by atoms with Gasteiger partial charge in [-0.25, -0.2) is 0 Å². The molecule has 5 nitrogen and oxygen atoms in total. The molecule has 2 aromatic carbocycles. The van der Waals surface area contributed by atoms with Crippen molar-refractivity contribution in [2.45, 2.75) is 40.0 Å². The molecule has 0 aliphatic heterocycles. The molecule has 5 heteroatoms. The minimum absolute atomic E-state index is 0.114. The van der Waals surface area contributed by atoms with E-state index >= 15 is 0 Å². The molecule has 3 aromatic rings. The first-order valence-electron chi connectivity index (χ1n) is 8.71. The minimum Gasteiger partial charge on any atom is -0.407 e. The number of amides is 1. The zero-order valence-corrected chi connectivity index (χ0v) is 15.5. The third-order valence-electron chi connectivity index (χ3n) is 4.17. The molecule has 0 aliphatic carbocycles. The Kier molecular flexibility index (Phi) is 5.16. The minimum atomic E-state index is -0.256. The van der Waals surface area contributed by atoms with Crippen LogP contribution in [0.25, 0.3) is 0 Å². The van der Waals surface area contributed by atoms with Crippen molar-refractivity contribution in [3.8, 4) is 0 Å². The van der Waals surface area contributed by atoms with Crippen LogP contribution in [0.5, 0.6) is 0 Å². The summed E-state index contributed by atoms with van der Waals surface area (Å²) in [5, 5.41) is 10.6. The average Bonchev–Trinajstić information content (AvgIpc) is 3.01. The normalized spacial score (nSPS) is 11.0. The Labute approximate surface area is 153 Å². The van der Waals surface area contributed by atoms with Gasteiger partial charge in [0.15, 0.2) is 0 Å². The third-order valence-corrected chi connectivity index (χ3v) is 4.17. The van der Waals surface area contributed by atoms with Gasteiger partial charge < -0.3 is 4.42 Å². The number of anilines is 1. The van der Waals surface area contributed by atoms with Crippen molar-refractivity contribution >= 4 is 11.9 Å². The SMILES string of the molecule is Cc1cc(C)cc(C(=O)Nc2nnc(Cc3ccc(C(C)C)cc3)o2)c1. The predicted octanol–water partition coefficient (Wildman–Crippen LogP) is 4.65. The summed E-state index contributed by atoms with van der Waals surface area (Å²) in [4.78, 5) is 12.3. The van der Waals surface area contributed by atoms with Gasteiger partial charge >= 0.3 is 6.01 Å². The lowest BCUT2D eigenvalue weighted by atomic mass is 10.0. The van der Waals surface area contributed by atoms with Crippen molar-refractivity contribution in [1.29, 1.82) is 0 Å². The Balaban J connectivity index is 1.66. The number of carbonyl (C=O) groups excluding carboxylic acids is 1. The van der Waals surface area contributed by atoms with Crippen LogP contribution in [-0.2, 0) is 6.42 Å². The summed E-state index contributed by atoms with van der Waals surface area (Å²) in [6.45, 7) is 8.24. The summed E-state index contributed by atoms with van der Waals surface area (Å²) in [7, 11) is 0. The predicted molar refractivity (Wildman–Crippen MR) is 102 cm³/mol. The van der Waals surface area contributed by atoms with Gasteiger partial charge in [-0.05, 0) is 43.0 Å². The highest BCUT2D eigenvalue weighted by Crippen LogP contribution is 2.17. The zero-order valence-electron chi connectivity index (χ0n) is 15.5. The lowest BCUT2D eigenvalue weighted by molar-refractivity contribution is 0.102. The highest BCUT2D eigenvalue weighted by Gasteiger charge is 2.13. The Hall–Kier alpha value is -2.95. The Bertz CT molecular complexity index is 891. The summed E-state index contributed by atoms with van der Waals surface area (Å²) in [6.07, 6.45) is 0.533. The first kappa shape index (κ1) is 17.9. The van der Waals surface area contributed by atoms with E-state index in [4.69, 9.17) is 4.42 Å². The summed E-state index contributed by atoms with van der Waals surface area (Å²) in [5.41, 5.74) is 5.02. The van der Waals surface area contributed by atoms with Crippen molar-refractivity contribution in [3.05, 3.63) is 76.2 Å². The van der Waals surface area contributed by atoms with Crippen LogP contribution in [0.2, 0.25) is 0 Å². The molecule has 26 heavy (non-hydrogen) atoms. The second kappa shape index (κ2) is 7.52. The van der Waals surface area contributed by atoms with E-state index in [-0.39, 0.29) is 11.9 Å². The van der Waals surface area contributed by atoms with Crippen LogP contribution < -0.4 is 5.32 Å². The maximum Gasteiger partial charge on any atom is 0.322 e. The van der Waals surface area contributed by atoms with Gasteiger partial charge in [0.25, 0.3) is 5.91 Å². The largest absolute Gasteiger partial charge is 0.407 e. The Morgan fingerprint density at radius 2 is 1.69 bits per heavy atom. The molecular formula is C21H23N3O2. The standard InChI is InChI=1S/C21H23N3O2/c1-13(2)17-7-5-16(6-8-17)12-19-23-24-21(26-19)22-20(25)18-10-14(3)9-15(4)11-18/h5-11,13H,12H2,1-4H3,(H,22,24,25). The van der Waals surface area contributed by atoms with Crippen molar-refractivity contribution < 1.29 is 9.21 Å². The molecule has 1 amide bonds. The van der Waals surface area contributed by atoms with Gasteiger partial charge in [0, 0.05) is 5.56 Å².